The number of nitriles is 2. The van der Waals surface area contributed by atoms with Gasteiger partial charge < -0.3 is 9.47 Å². The van der Waals surface area contributed by atoms with Crippen LogP contribution in [-0.2, 0) is 0 Å². The molecule has 6 rings (SSSR count). The van der Waals surface area contributed by atoms with Gasteiger partial charge in [0.1, 0.15) is 12.1 Å². The van der Waals surface area contributed by atoms with Crippen LogP contribution in [0.3, 0.4) is 0 Å². The number of aromatic nitrogens is 1. The molecule has 0 fully saturated rings. The quantitative estimate of drug-likeness (QED) is 0.220. The molecule has 1 aromatic heterocycles. The molecule has 0 spiro atoms. The van der Waals surface area contributed by atoms with Crippen LogP contribution in [0.5, 0.6) is 0 Å². The summed E-state index contributed by atoms with van der Waals surface area (Å²) in [5.74, 6) is 0. The smallest absolute Gasteiger partial charge is 0.102 e. The van der Waals surface area contributed by atoms with Crippen molar-refractivity contribution in [3.63, 3.8) is 0 Å². The molecule has 4 aromatic carbocycles. The lowest BCUT2D eigenvalue weighted by atomic mass is 9.88. The fraction of sp³-hybridized carbons (Fsp3) is 0.135. The van der Waals surface area contributed by atoms with Crippen molar-refractivity contribution in [1.82, 2.24) is 4.57 Å². The Kier molecular flexibility index (Phi) is 6.99. The number of hydrogen-bond acceptors (Lipinski definition) is 3. The van der Waals surface area contributed by atoms with E-state index in [2.05, 4.69) is 108 Å². The summed E-state index contributed by atoms with van der Waals surface area (Å²) >= 11 is 0. The summed E-state index contributed by atoms with van der Waals surface area (Å²) < 4.78 is 2.31. The van der Waals surface area contributed by atoms with Crippen molar-refractivity contribution >= 4 is 28.7 Å². The van der Waals surface area contributed by atoms with Crippen molar-refractivity contribution in [3.05, 3.63) is 119 Å². The highest BCUT2D eigenvalue weighted by atomic mass is 15.1. The van der Waals surface area contributed by atoms with Crippen LogP contribution in [0.25, 0.3) is 51.0 Å². The molecule has 1 heterocycles. The van der Waals surface area contributed by atoms with Gasteiger partial charge in [-0.25, -0.2) is 0 Å². The van der Waals surface area contributed by atoms with E-state index in [4.69, 9.17) is 0 Å². The lowest BCUT2D eigenvalue weighted by molar-refractivity contribution is 0.863. The molecule has 4 heteroatoms. The van der Waals surface area contributed by atoms with E-state index in [1.165, 1.54) is 16.6 Å². The Labute approximate surface area is 241 Å². The first-order chi connectivity index (χ1) is 20.2. The Morgan fingerprint density at radius 3 is 2.00 bits per heavy atom. The lowest BCUT2D eigenvalue weighted by Crippen LogP contribution is -2.24. The number of benzene rings is 4. The highest BCUT2D eigenvalue weighted by Crippen LogP contribution is 2.41. The molecule has 1 aliphatic rings. The van der Waals surface area contributed by atoms with Crippen LogP contribution < -0.4 is 4.90 Å². The molecular weight excluding hydrogens is 500 g/mol. The summed E-state index contributed by atoms with van der Waals surface area (Å²) in [7, 11) is 0. The van der Waals surface area contributed by atoms with E-state index in [1.54, 1.807) is 0 Å². The molecule has 0 amide bonds. The maximum absolute atomic E-state index is 10.5. The minimum absolute atomic E-state index is 0.533. The van der Waals surface area contributed by atoms with Crippen LogP contribution in [0, 0.1) is 22.7 Å². The highest BCUT2D eigenvalue weighted by molar-refractivity contribution is 5.96. The van der Waals surface area contributed by atoms with Crippen molar-refractivity contribution in [2.24, 2.45) is 0 Å². The zero-order valence-corrected chi connectivity index (χ0v) is 23.3. The van der Waals surface area contributed by atoms with Crippen LogP contribution in [0.15, 0.2) is 97.1 Å². The summed E-state index contributed by atoms with van der Waals surface area (Å²) in [5.41, 5.74) is 9.97. The van der Waals surface area contributed by atoms with E-state index in [1.807, 2.05) is 36.4 Å². The van der Waals surface area contributed by atoms with Crippen LogP contribution >= 0.6 is 0 Å². The molecule has 0 bridgehead atoms. The summed E-state index contributed by atoms with van der Waals surface area (Å²) in [4.78, 5) is 2.11. The van der Waals surface area contributed by atoms with Gasteiger partial charge in [-0.05, 0) is 61.7 Å². The average Bonchev–Trinajstić information content (AvgIpc) is 3.15. The molecular formula is C37H30N4. The predicted molar refractivity (Wildman–Crippen MR) is 170 cm³/mol. The zero-order chi connectivity index (χ0) is 28.3. The van der Waals surface area contributed by atoms with Crippen molar-refractivity contribution < 1.29 is 0 Å². The summed E-state index contributed by atoms with van der Waals surface area (Å²) in [5, 5.41) is 22.0. The van der Waals surface area contributed by atoms with Crippen molar-refractivity contribution in [1.29, 1.82) is 10.5 Å². The molecule has 0 saturated heterocycles. The maximum Gasteiger partial charge on any atom is 0.102 e. The normalized spacial score (nSPS) is 12.0. The van der Waals surface area contributed by atoms with Crippen molar-refractivity contribution in [3.8, 4) is 40.1 Å². The van der Waals surface area contributed by atoms with Gasteiger partial charge in [0, 0.05) is 40.9 Å². The number of fused-ring (bicyclic) bond motifs is 3. The summed E-state index contributed by atoms with van der Waals surface area (Å²) in [6.45, 7) is 5.52. The fourth-order valence-corrected chi connectivity index (χ4v) is 5.96. The second-order valence-electron chi connectivity index (χ2n) is 10.1. The molecule has 41 heavy (non-hydrogen) atoms. The Morgan fingerprint density at radius 2 is 1.34 bits per heavy atom. The van der Waals surface area contributed by atoms with E-state index >= 15 is 0 Å². The molecule has 0 radical (unpaired) electrons. The van der Waals surface area contributed by atoms with Crippen LogP contribution in [-0.4, -0.2) is 17.7 Å². The van der Waals surface area contributed by atoms with Crippen LogP contribution in [0.1, 0.15) is 42.7 Å². The molecule has 4 nitrogen and oxygen atoms in total. The molecule has 0 aliphatic heterocycles. The van der Waals surface area contributed by atoms with E-state index < -0.39 is 0 Å². The topological polar surface area (TPSA) is 55.8 Å². The van der Waals surface area contributed by atoms with Crippen LogP contribution in [0.2, 0.25) is 0 Å². The van der Waals surface area contributed by atoms with Gasteiger partial charge in [0.15, 0.2) is 0 Å². The second-order valence-corrected chi connectivity index (χ2v) is 10.1. The third-order valence-electron chi connectivity index (χ3n) is 7.91. The molecule has 0 unspecified atom stereocenters. The van der Waals surface area contributed by atoms with E-state index in [0.717, 1.165) is 39.9 Å². The van der Waals surface area contributed by atoms with Gasteiger partial charge >= 0.3 is 0 Å². The number of hydrogen-bond donors (Lipinski definition) is 0. The Hall–Kier alpha value is -5.32. The molecule has 0 atom stereocenters. The zero-order valence-electron chi connectivity index (χ0n) is 23.3. The monoisotopic (exact) mass is 530 g/mol. The third kappa shape index (κ3) is 4.41. The molecule has 0 N–H and O–H groups in total. The summed E-state index contributed by atoms with van der Waals surface area (Å²) in [6.07, 6.45) is 9.74. The molecule has 1 aliphatic carbocycles. The van der Waals surface area contributed by atoms with Gasteiger partial charge in [-0.3, -0.25) is 0 Å². The van der Waals surface area contributed by atoms with Crippen LogP contribution in [0.4, 0.5) is 5.69 Å². The first-order valence-electron chi connectivity index (χ1n) is 14.1. The van der Waals surface area contributed by atoms with Gasteiger partial charge in [0.2, 0.25) is 0 Å². The molecule has 198 valence electrons. The van der Waals surface area contributed by atoms with Crippen molar-refractivity contribution in [2.45, 2.75) is 20.3 Å². The number of allylic oxidation sites excluding steroid dienone is 2. The lowest BCUT2D eigenvalue weighted by Gasteiger charge is -2.26. The Bertz CT molecular complexity index is 1890. The van der Waals surface area contributed by atoms with Gasteiger partial charge in [-0.2, -0.15) is 10.5 Å². The average molecular weight is 531 g/mol. The first-order valence-corrected chi connectivity index (χ1v) is 14.1. The minimum atomic E-state index is 0.533. The molecule has 5 aromatic rings. The third-order valence-corrected chi connectivity index (χ3v) is 7.91. The Morgan fingerprint density at radius 1 is 0.732 bits per heavy atom. The van der Waals surface area contributed by atoms with Gasteiger partial charge in [0.05, 0.1) is 28.0 Å². The minimum Gasteiger partial charge on any atom is -0.370 e. The fourth-order valence-electron chi connectivity index (χ4n) is 5.96. The SMILES string of the molecule is CCN(CC)c1c(C#N)c(-c2ccccc2)cc(-c2ccc(-n3c4c(c5ccccc53)C=CCC=C4)cc2)c1C#N. The number of para-hydroxylation sites is 1. The largest absolute Gasteiger partial charge is 0.370 e. The highest BCUT2D eigenvalue weighted by Gasteiger charge is 2.23. The standard InChI is InChI=1S/C37H30N4/c1-3-40(4-2)37-33(24-38)31(26-13-7-5-8-14-26)23-32(34(37)25-39)27-19-21-28(22-20-27)41-35-17-10-6-9-15-29(35)30-16-11-12-18-36(30)41/h5,7-23H,3-4,6H2,1-2H3. The first kappa shape index (κ1) is 25.9. The summed E-state index contributed by atoms with van der Waals surface area (Å²) in [6, 6.07) is 33.8. The van der Waals surface area contributed by atoms with Gasteiger partial charge in [-0.15, -0.1) is 0 Å². The van der Waals surface area contributed by atoms with E-state index in [-0.39, 0.29) is 0 Å². The van der Waals surface area contributed by atoms with Gasteiger partial charge in [-0.1, -0.05) is 78.9 Å². The molecule has 0 saturated carbocycles. The van der Waals surface area contributed by atoms with E-state index in [0.29, 0.717) is 29.9 Å². The number of rotatable bonds is 6. The Balaban J connectivity index is 1.57. The number of anilines is 1. The number of nitrogens with zero attached hydrogens (tertiary/aromatic N) is 4. The van der Waals surface area contributed by atoms with Gasteiger partial charge in [0.25, 0.3) is 0 Å². The maximum atomic E-state index is 10.5. The predicted octanol–water partition coefficient (Wildman–Crippen LogP) is 8.98. The van der Waals surface area contributed by atoms with Crippen molar-refractivity contribution in [2.75, 3.05) is 18.0 Å². The van der Waals surface area contributed by atoms with E-state index in [9.17, 15) is 10.5 Å². The second kappa shape index (κ2) is 11.0.